The van der Waals surface area contributed by atoms with Gasteiger partial charge in [0.1, 0.15) is 5.75 Å². The summed E-state index contributed by atoms with van der Waals surface area (Å²) in [7, 11) is 0. The summed E-state index contributed by atoms with van der Waals surface area (Å²) < 4.78 is 0. The number of benzene rings is 1. The number of phenolic OH excluding ortho intramolecular Hbond substituents is 1. The van der Waals surface area contributed by atoms with Crippen molar-refractivity contribution in [3.63, 3.8) is 0 Å². The average molecular weight is 289 g/mol. The molecular weight excluding hydrogens is 262 g/mol. The normalized spacial score (nSPS) is 16.0. The molecule has 1 atom stereocenters. The van der Waals surface area contributed by atoms with Crippen LogP contribution in [0.3, 0.4) is 0 Å². The van der Waals surface area contributed by atoms with Gasteiger partial charge in [0, 0.05) is 6.54 Å². The second-order valence-electron chi connectivity index (χ2n) is 6.55. The molecule has 21 heavy (non-hydrogen) atoms. The van der Waals surface area contributed by atoms with Gasteiger partial charge in [0.2, 0.25) is 6.41 Å². The van der Waals surface area contributed by atoms with Crippen LogP contribution in [-0.2, 0) is 4.79 Å². The molecular formula is C18H27NO2. The van der Waals surface area contributed by atoms with E-state index in [1.807, 2.05) is 6.07 Å². The van der Waals surface area contributed by atoms with Crippen molar-refractivity contribution in [3.05, 3.63) is 29.3 Å². The predicted molar refractivity (Wildman–Crippen MR) is 85.6 cm³/mol. The van der Waals surface area contributed by atoms with E-state index in [-0.39, 0.29) is 0 Å². The zero-order valence-corrected chi connectivity index (χ0v) is 13.1. The quantitative estimate of drug-likeness (QED) is 0.534. The van der Waals surface area contributed by atoms with Gasteiger partial charge in [0.05, 0.1) is 0 Å². The van der Waals surface area contributed by atoms with Crippen LogP contribution in [0.1, 0.15) is 68.9 Å². The van der Waals surface area contributed by atoms with Gasteiger partial charge in [0.15, 0.2) is 0 Å². The molecule has 0 spiro atoms. The van der Waals surface area contributed by atoms with Crippen molar-refractivity contribution >= 4 is 6.41 Å². The van der Waals surface area contributed by atoms with E-state index in [4.69, 9.17) is 0 Å². The van der Waals surface area contributed by atoms with E-state index in [0.717, 1.165) is 25.3 Å². The van der Waals surface area contributed by atoms with Crippen molar-refractivity contribution in [2.75, 3.05) is 6.54 Å². The fourth-order valence-corrected chi connectivity index (χ4v) is 3.05. The summed E-state index contributed by atoms with van der Waals surface area (Å²) in [5.41, 5.74) is 2.58. The molecule has 0 bridgehead atoms. The van der Waals surface area contributed by atoms with Gasteiger partial charge in [0.25, 0.3) is 0 Å². The molecule has 1 aromatic carbocycles. The molecule has 3 nitrogen and oxygen atoms in total. The highest BCUT2D eigenvalue weighted by Crippen LogP contribution is 2.39. The van der Waals surface area contributed by atoms with E-state index in [9.17, 15) is 9.90 Å². The Balaban J connectivity index is 2.14. The fraction of sp³-hybridized carbons (Fsp3) is 0.611. The van der Waals surface area contributed by atoms with Crippen LogP contribution in [0.25, 0.3) is 0 Å². The molecule has 0 radical (unpaired) electrons. The van der Waals surface area contributed by atoms with E-state index in [1.54, 1.807) is 6.07 Å². The average Bonchev–Trinajstić information content (AvgIpc) is 3.27. The summed E-state index contributed by atoms with van der Waals surface area (Å²) in [6.07, 6.45) is 6.96. The highest BCUT2D eigenvalue weighted by molar-refractivity contribution is 5.45. The number of rotatable bonds is 9. The van der Waals surface area contributed by atoms with Gasteiger partial charge >= 0.3 is 0 Å². The summed E-state index contributed by atoms with van der Waals surface area (Å²) in [6, 6.07) is 5.76. The third-order valence-corrected chi connectivity index (χ3v) is 4.47. The first kappa shape index (κ1) is 15.9. The zero-order valence-electron chi connectivity index (χ0n) is 13.1. The SMILES string of the molecule is CC(C)c1cc(O)ccc1C(CCNC=O)CCC1CC1. The number of aromatic hydroxyl groups is 1. The minimum absolute atomic E-state index is 0.342. The van der Waals surface area contributed by atoms with Crippen molar-refractivity contribution in [1.29, 1.82) is 0 Å². The fourth-order valence-electron chi connectivity index (χ4n) is 3.05. The molecule has 1 aliphatic carbocycles. The van der Waals surface area contributed by atoms with Gasteiger partial charge in [-0.15, -0.1) is 0 Å². The Morgan fingerprint density at radius 1 is 1.29 bits per heavy atom. The van der Waals surface area contributed by atoms with Gasteiger partial charge < -0.3 is 10.4 Å². The largest absolute Gasteiger partial charge is 0.508 e. The first-order valence-electron chi connectivity index (χ1n) is 8.11. The third kappa shape index (κ3) is 4.76. The summed E-state index contributed by atoms with van der Waals surface area (Å²) in [6.45, 7) is 5.05. The minimum atomic E-state index is 0.342. The van der Waals surface area contributed by atoms with E-state index in [1.165, 1.54) is 36.8 Å². The molecule has 1 aliphatic rings. The first-order valence-corrected chi connectivity index (χ1v) is 8.11. The van der Waals surface area contributed by atoms with Crippen LogP contribution >= 0.6 is 0 Å². The number of nitrogens with one attached hydrogen (secondary N) is 1. The van der Waals surface area contributed by atoms with Gasteiger partial charge in [-0.25, -0.2) is 0 Å². The molecule has 0 saturated heterocycles. The topological polar surface area (TPSA) is 49.3 Å². The van der Waals surface area contributed by atoms with Crippen LogP contribution in [0.5, 0.6) is 5.75 Å². The standard InChI is InChI=1S/C18H27NO2/c1-13(2)18-11-16(21)7-8-17(18)15(9-10-19-12-20)6-5-14-3-4-14/h7-8,11-15,21H,3-6,9-10H2,1-2H3,(H,19,20). The smallest absolute Gasteiger partial charge is 0.207 e. The monoisotopic (exact) mass is 289 g/mol. The van der Waals surface area contributed by atoms with Crippen LogP contribution in [0.2, 0.25) is 0 Å². The summed E-state index contributed by atoms with van der Waals surface area (Å²) in [5.74, 6) is 2.13. The Bertz CT molecular complexity index is 466. The lowest BCUT2D eigenvalue weighted by molar-refractivity contribution is -0.109. The zero-order chi connectivity index (χ0) is 15.2. The number of phenols is 1. The maximum atomic E-state index is 10.5. The molecule has 1 saturated carbocycles. The van der Waals surface area contributed by atoms with Gasteiger partial charge in [-0.3, -0.25) is 4.79 Å². The van der Waals surface area contributed by atoms with Crippen LogP contribution in [0, 0.1) is 5.92 Å². The molecule has 1 amide bonds. The lowest BCUT2D eigenvalue weighted by Gasteiger charge is -2.22. The molecule has 116 valence electrons. The van der Waals surface area contributed by atoms with E-state index in [0.29, 0.717) is 17.6 Å². The molecule has 1 unspecified atom stereocenters. The van der Waals surface area contributed by atoms with Crippen LogP contribution in [0.15, 0.2) is 18.2 Å². The molecule has 0 aliphatic heterocycles. The highest BCUT2D eigenvalue weighted by Gasteiger charge is 2.24. The molecule has 3 heteroatoms. The van der Waals surface area contributed by atoms with Gasteiger partial charge in [-0.2, -0.15) is 0 Å². The van der Waals surface area contributed by atoms with Crippen molar-refractivity contribution < 1.29 is 9.90 Å². The van der Waals surface area contributed by atoms with Crippen LogP contribution in [0.4, 0.5) is 0 Å². The Hall–Kier alpha value is -1.51. The van der Waals surface area contributed by atoms with Crippen molar-refractivity contribution in [1.82, 2.24) is 5.32 Å². The molecule has 1 fully saturated rings. The van der Waals surface area contributed by atoms with Crippen LogP contribution in [-0.4, -0.2) is 18.1 Å². The van der Waals surface area contributed by atoms with Gasteiger partial charge in [-0.1, -0.05) is 32.8 Å². The molecule has 1 aromatic rings. The van der Waals surface area contributed by atoms with E-state index < -0.39 is 0 Å². The van der Waals surface area contributed by atoms with Crippen molar-refractivity contribution in [2.45, 2.75) is 57.8 Å². The maximum Gasteiger partial charge on any atom is 0.207 e. The number of carbonyl (C=O) groups is 1. The Kier molecular flexibility index (Phi) is 5.66. The van der Waals surface area contributed by atoms with E-state index >= 15 is 0 Å². The third-order valence-electron chi connectivity index (χ3n) is 4.47. The summed E-state index contributed by atoms with van der Waals surface area (Å²) in [4.78, 5) is 10.5. The number of amides is 1. The lowest BCUT2D eigenvalue weighted by Crippen LogP contribution is -2.16. The van der Waals surface area contributed by atoms with Crippen LogP contribution < -0.4 is 5.32 Å². The van der Waals surface area contributed by atoms with Crippen molar-refractivity contribution in [2.24, 2.45) is 5.92 Å². The number of hydrogen-bond acceptors (Lipinski definition) is 2. The maximum absolute atomic E-state index is 10.5. The Morgan fingerprint density at radius 2 is 2.05 bits per heavy atom. The molecule has 0 aromatic heterocycles. The minimum Gasteiger partial charge on any atom is -0.508 e. The summed E-state index contributed by atoms with van der Waals surface area (Å²) in [5, 5.41) is 12.5. The second kappa shape index (κ2) is 7.48. The summed E-state index contributed by atoms with van der Waals surface area (Å²) >= 11 is 0. The molecule has 0 heterocycles. The number of carbonyl (C=O) groups excluding carboxylic acids is 1. The number of hydrogen-bond donors (Lipinski definition) is 2. The lowest BCUT2D eigenvalue weighted by atomic mass is 9.84. The van der Waals surface area contributed by atoms with E-state index in [2.05, 4.69) is 25.2 Å². The molecule has 2 rings (SSSR count). The molecule has 2 N–H and O–H groups in total. The highest BCUT2D eigenvalue weighted by atomic mass is 16.3. The second-order valence-corrected chi connectivity index (χ2v) is 6.55. The Morgan fingerprint density at radius 3 is 2.67 bits per heavy atom. The van der Waals surface area contributed by atoms with Gasteiger partial charge in [-0.05, 0) is 60.3 Å². The predicted octanol–water partition coefficient (Wildman–Crippen LogP) is 3.93. The Labute approximate surface area is 127 Å². The van der Waals surface area contributed by atoms with Crippen molar-refractivity contribution in [3.8, 4) is 5.75 Å². The first-order chi connectivity index (χ1) is 10.1.